The third-order valence-electron chi connectivity index (χ3n) is 3.01. The standard InChI is InChI=1S/C12H25N3O2.HI/c1-3-13-11(14-8-9-17-2)15-10-12(16)6-4-5-7-12;/h16H,3-10H2,1-2H3,(H2,13,14,15);1H. The van der Waals surface area contributed by atoms with Gasteiger partial charge in [-0.05, 0) is 19.8 Å². The third kappa shape index (κ3) is 6.75. The predicted molar refractivity (Wildman–Crippen MR) is 84.7 cm³/mol. The van der Waals surface area contributed by atoms with E-state index < -0.39 is 5.60 Å². The number of aliphatic imine (C=N–C) groups is 1. The van der Waals surface area contributed by atoms with Crippen LogP contribution in [0.1, 0.15) is 32.6 Å². The van der Waals surface area contributed by atoms with E-state index in [1.165, 1.54) is 0 Å². The maximum Gasteiger partial charge on any atom is 0.191 e. The molecule has 0 unspecified atom stereocenters. The zero-order valence-electron chi connectivity index (χ0n) is 11.4. The highest BCUT2D eigenvalue weighted by atomic mass is 127. The number of hydrogen-bond donors (Lipinski definition) is 3. The predicted octanol–water partition coefficient (Wildman–Crippen LogP) is 1.11. The number of methoxy groups -OCH3 is 1. The Kier molecular flexibility index (Phi) is 9.76. The lowest BCUT2D eigenvalue weighted by atomic mass is 10.0. The molecule has 0 aromatic carbocycles. The average molecular weight is 371 g/mol. The molecule has 0 heterocycles. The highest BCUT2D eigenvalue weighted by Crippen LogP contribution is 2.29. The lowest BCUT2D eigenvalue weighted by molar-refractivity contribution is 0.0574. The average Bonchev–Trinajstić information content (AvgIpc) is 2.74. The van der Waals surface area contributed by atoms with Crippen molar-refractivity contribution >= 4 is 29.9 Å². The van der Waals surface area contributed by atoms with Gasteiger partial charge >= 0.3 is 0 Å². The lowest BCUT2D eigenvalue weighted by Gasteiger charge is -2.20. The molecule has 0 aromatic rings. The lowest BCUT2D eigenvalue weighted by Crippen LogP contribution is -2.40. The Morgan fingerprint density at radius 2 is 2.00 bits per heavy atom. The number of halogens is 1. The summed E-state index contributed by atoms with van der Waals surface area (Å²) >= 11 is 0. The quantitative estimate of drug-likeness (QED) is 0.283. The number of nitrogens with zero attached hydrogens (tertiary/aromatic N) is 1. The summed E-state index contributed by atoms with van der Waals surface area (Å²) in [5.41, 5.74) is -0.580. The van der Waals surface area contributed by atoms with Crippen molar-refractivity contribution < 1.29 is 9.84 Å². The molecular formula is C12H26IN3O2. The number of aliphatic hydroxyl groups is 1. The Hall–Kier alpha value is -0.0800. The summed E-state index contributed by atoms with van der Waals surface area (Å²) in [6.45, 7) is 4.69. The molecule has 18 heavy (non-hydrogen) atoms. The molecule has 0 radical (unpaired) electrons. The first kappa shape index (κ1) is 17.9. The highest BCUT2D eigenvalue weighted by molar-refractivity contribution is 14.0. The van der Waals surface area contributed by atoms with Gasteiger partial charge in [-0.1, -0.05) is 12.8 Å². The minimum absolute atomic E-state index is 0. The van der Waals surface area contributed by atoms with Gasteiger partial charge in [-0.25, -0.2) is 0 Å². The van der Waals surface area contributed by atoms with E-state index in [9.17, 15) is 5.11 Å². The van der Waals surface area contributed by atoms with E-state index in [0.29, 0.717) is 13.2 Å². The fourth-order valence-electron chi connectivity index (χ4n) is 2.03. The summed E-state index contributed by atoms with van der Waals surface area (Å²) in [7, 11) is 1.67. The molecule has 1 fully saturated rings. The Labute approximate surface area is 127 Å². The van der Waals surface area contributed by atoms with Gasteiger partial charge in [0.05, 0.1) is 18.8 Å². The topological polar surface area (TPSA) is 65.9 Å². The Balaban J connectivity index is 0.00000289. The number of nitrogens with one attached hydrogen (secondary N) is 2. The molecule has 0 bridgehead atoms. The Morgan fingerprint density at radius 3 is 2.56 bits per heavy atom. The minimum atomic E-state index is -0.580. The summed E-state index contributed by atoms with van der Waals surface area (Å²) < 4.78 is 4.97. The molecule has 6 heteroatoms. The molecular weight excluding hydrogens is 345 g/mol. The van der Waals surface area contributed by atoms with Gasteiger partial charge in [0, 0.05) is 20.2 Å². The van der Waals surface area contributed by atoms with Crippen LogP contribution in [0.4, 0.5) is 0 Å². The zero-order chi connectivity index (χ0) is 12.6. The van der Waals surface area contributed by atoms with Gasteiger partial charge in [-0.15, -0.1) is 24.0 Å². The zero-order valence-corrected chi connectivity index (χ0v) is 13.7. The highest BCUT2D eigenvalue weighted by Gasteiger charge is 2.30. The molecule has 1 aliphatic carbocycles. The first-order chi connectivity index (χ1) is 8.20. The minimum Gasteiger partial charge on any atom is -0.388 e. The molecule has 0 saturated heterocycles. The van der Waals surface area contributed by atoms with Crippen molar-refractivity contribution in [1.82, 2.24) is 10.6 Å². The van der Waals surface area contributed by atoms with E-state index in [1.54, 1.807) is 7.11 Å². The fraction of sp³-hybridized carbons (Fsp3) is 0.917. The van der Waals surface area contributed by atoms with E-state index in [0.717, 1.165) is 44.7 Å². The molecule has 0 aromatic heterocycles. The largest absolute Gasteiger partial charge is 0.388 e. The van der Waals surface area contributed by atoms with Crippen molar-refractivity contribution in [2.24, 2.45) is 4.99 Å². The summed E-state index contributed by atoms with van der Waals surface area (Å²) in [5.74, 6) is 0.755. The maximum absolute atomic E-state index is 10.2. The van der Waals surface area contributed by atoms with Crippen molar-refractivity contribution in [3.05, 3.63) is 0 Å². The second-order valence-electron chi connectivity index (χ2n) is 4.55. The van der Waals surface area contributed by atoms with Gasteiger partial charge < -0.3 is 20.5 Å². The summed E-state index contributed by atoms with van der Waals surface area (Å²) in [4.78, 5) is 4.43. The van der Waals surface area contributed by atoms with Gasteiger partial charge in [0.25, 0.3) is 0 Å². The van der Waals surface area contributed by atoms with Gasteiger partial charge in [-0.3, -0.25) is 4.99 Å². The van der Waals surface area contributed by atoms with E-state index >= 15 is 0 Å². The van der Waals surface area contributed by atoms with Crippen molar-refractivity contribution in [2.45, 2.75) is 38.2 Å². The molecule has 1 saturated carbocycles. The number of ether oxygens (including phenoxy) is 1. The first-order valence-corrected chi connectivity index (χ1v) is 6.44. The van der Waals surface area contributed by atoms with Crippen LogP contribution in [0.3, 0.4) is 0 Å². The second-order valence-corrected chi connectivity index (χ2v) is 4.55. The van der Waals surface area contributed by atoms with E-state index in [4.69, 9.17) is 4.74 Å². The summed E-state index contributed by atoms with van der Waals surface area (Å²) in [5, 5.41) is 16.5. The monoisotopic (exact) mass is 371 g/mol. The van der Waals surface area contributed by atoms with Gasteiger partial charge in [0.1, 0.15) is 0 Å². The SMILES string of the molecule is CCNC(=NCC1(O)CCCC1)NCCOC.I. The van der Waals surface area contributed by atoms with Gasteiger partial charge in [-0.2, -0.15) is 0 Å². The van der Waals surface area contributed by atoms with Crippen LogP contribution >= 0.6 is 24.0 Å². The van der Waals surface area contributed by atoms with Crippen LogP contribution in [0.2, 0.25) is 0 Å². The van der Waals surface area contributed by atoms with Crippen molar-refractivity contribution in [3.8, 4) is 0 Å². The van der Waals surface area contributed by atoms with Crippen LogP contribution in [0.5, 0.6) is 0 Å². The molecule has 0 spiro atoms. The molecule has 1 aliphatic rings. The summed E-state index contributed by atoms with van der Waals surface area (Å²) in [6.07, 6.45) is 3.96. The maximum atomic E-state index is 10.2. The molecule has 0 atom stereocenters. The Bertz CT molecular complexity index is 243. The Morgan fingerprint density at radius 1 is 1.33 bits per heavy atom. The molecule has 1 rings (SSSR count). The molecule has 3 N–H and O–H groups in total. The second kappa shape index (κ2) is 9.80. The molecule has 5 nitrogen and oxygen atoms in total. The van der Waals surface area contributed by atoms with Gasteiger partial charge in [0.2, 0.25) is 0 Å². The van der Waals surface area contributed by atoms with E-state index in [-0.39, 0.29) is 24.0 Å². The van der Waals surface area contributed by atoms with Crippen LogP contribution in [0.25, 0.3) is 0 Å². The fourth-order valence-corrected chi connectivity index (χ4v) is 2.03. The van der Waals surface area contributed by atoms with Crippen LogP contribution in [0, 0.1) is 0 Å². The summed E-state index contributed by atoms with van der Waals surface area (Å²) in [6, 6.07) is 0. The van der Waals surface area contributed by atoms with Gasteiger partial charge in [0.15, 0.2) is 5.96 Å². The smallest absolute Gasteiger partial charge is 0.191 e. The van der Waals surface area contributed by atoms with Crippen molar-refractivity contribution in [1.29, 1.82) is 0 Å². The van der Waals surface area contributed by atoms with Crippen LogP contribution in [-0.2, 0) is 4.74 Å². The van der Waals surface area contributed by atoms with Crippen LogP contribution in [-0.4, -0.2) is 50.0 Å². The molecule has 108 valence electrons. The van der Waals surface area contributed by atoms with Crippen molar-refractivity contribution in [2.75, 3.05) is 33.4 Å². The third-order valence-corrected chi connectivity index (χ3v) is 3.01. The van der Waals surface area contributed by atoms with Crippen LogP contribution < -0.4 is 10.6 Å². The van der Waals surface area contributed by atoms with Crippen LogP contribution in [0.15, 0.2) is 4.99 Å². The van der Waals surface area contributed by atoms with E-state index in [1.807, 2.05) is 6.92 Å². The number of rotatable bonds is 6. The number of guanidine groups is 1. The first-order valence-electron chi connectivity index (χ1n) is 6.44. The normalized spacial score (nSPS) is 18.3. The molecule has 0 aliphatic heterocycles. The van der Waals surface area contributed by atoms with Crippen molar-refractivity contribution in [3.63, 3.8) is 0 Å². The van der Waals surface area contributed by atoms with E-state index in [2.05, 4.69) is 15.6 Å². The molecule has 0 amide bonds. The number of hydrogen-bond acceptors (Lipinski definition) is 3.